The van der Waals surface area contributed by atoms with Crippen LogP contribution in [0.3, 0.4) is 0 Å². The Labute approximate surface area is 97.3 Å². The van der Waals surface area contributed by atoms with Crippen molar-refractivity contribution in [1.29, 1.82) is 0 Å². The molecule has 2 heterocycles. The second-order valence-corrected chi connectivity index (χ2v) is 5.71. The maximum Gasteiger partial charge on any atom is 0.0952 e. The Morgan fingerprint density at radius 3 is 3.00 bits per heavy atom. The van der Waals surface area contributed by atoms with Crippen LogP contribution in [0.1, 0.15) is 38.1 Å². The monoisotopic (exact) mass is 219 g/mol. The van der Waals surface area contributed by atoms with Gasteiger partial charge in [0.2, 0.25) is 0 Å². The van der Waals surface area contributed by atoms with Gasteiger partial charge in [-0.1, -0.05) is 13.8 Å². The Bertz CT molecular complexity index is 388. The Morgan fingerprint density at radius 2 is 2.31 bits per heavy atom. The maximum absolute atomic E-state index is 4.53. The molecule has 0 unspecified atom stereocenters. The minimum atomic E-state index is 0.583. The van der Waals surface area contributed by atoms with Crippen molar-refractivity contribution in [3.63, 3.8) is 0 Å². The van der Waals surface area contributed by atoms with Gasteiger partial charge in [-0.3, -0.25) is 0 Å². The van der Waals surface area contributed by atoms with Crippen LogP contribution in [0, 0.1) is 11.3 Å². The molecule has 2 aliphatic rings. The molecule has 3 heteroatoms. The Hall–Kier alpha value is -0.830. The van der Waals surface area contributed by atoms with E-state index in [-0.39, 0.29) is 0 Å². The molecule has 1 aromatic rings. The predicted molar refractivity (Wildman–Crippen MR) is 64.1 cm³/mol. The zero-order valence-electron chi connectivity index (χ0n) is 10.3. The van der Waals surface area contributed by atoms with Gasteiger partial charge < -0.3 is 9.88 Å². The number of nitrogens with one attached hydrogen (secondary N) is 1. The highest BCUT2D eigenvalue weighted by Gasteiger charge is 2.45. The molecule has 88 valence electrons. The van der Waals surface area contributed by atoms with Crippen LogP contribution >= 0.6 is 0 Å². The highest BCUT2D eigenvalue weighted by Crippen LogP contribution is 2.53. The third kappa shape index (κ3) is 1.58. The molecule has 0 saturated heterocycles. The van der Waals surface area contributed by atoms with Crippen molar-refractivity contribution in [3.8, 4) is 0 Å². The predicted octanol–water partition coefficient (Wildman–Crippen LogP) is 1.96. The number of fused-ring (bicyclic) bond motifs is 1. The summed E-state index contributed by atoms with van der Waals surface area (Å²) in [5, 5.41) is 3.38. The fourth-order valence-electron chi connectivity index (χ4n) is 2.85. The van der Waals surface area contributed by atoms with Gasteiger partial charge in [-0.15, -0.1) is 0 Å². The van der Waals surface area contributed by atoms with Crippen LogP contribution in [0.4, 0.5) is 0 Å². The number of imidazole rings is 1. The minimum Gasteiger partial charge on any atom is -0.334 e. The Kier molecular flexibility index (Phi) is 2.32. The first-order valence-corrected chi connectivity index (χ1v) is 6.45. The highest BCUT2D eigenvalue weighted by molar-refractivity contribution is 5.17. The summed E-state index contributed by atoms with van der Waals surface area (Å²) in [6, 6.07) is 0. The summed E-state index contributed by atoms with van der Waals surface area (Å²) in [6.07, 6.45) is 6.00. The summed E-state index contributed by atoms with van der Waals surface area (Å²) >= 11 is 0. The highest BCUT2D eigenvalue weighted by atomic mass is 15.1. The van der Waals surface area contributed by atoms with Crippen molar-refractivity contribution in [2.45, 2.75) is 46.2 Å². The number of hydrogen-bond donors (Lipinski definition) is 1. The van der Waals surface area contributed by atoms with E-state index in [4.69, 9.17) is 0 Å². The smallest absolute Gasteiger partial charge is 0.0952 e. The van der Waals surface area contributed by atoms with Gasteiger partial charge in [0.25, 0.3) is 0 Å². The third-order valence-corrected chi connectivity index (χ3v) is 4.47. The summed E-state index contributed by atoms with van der Waals surface area (Å²) in [4.78, 5) is 4.53. The van der Waals surface area contributed by atoms with Crippen LogP contribution in [0.15, 0.2) is 6.33 Å². The van der Waals surface area contributed by atoms with E-state index in [1.807, 2.05) is 0 Å². The number of rotatable bonds is 3. The van der Waals surface area contributed by atoms with Crippen LogP contribution < -0.4 is 5.32 Å². The first-order chi connectivity index (χ1) is 7.71. The van der Waals surface area contributed by atoms with Crippen LogP contribution in [0.5, 0.6) is 0 Å². The molecule has 0 spiro atoms. The van der Waals surface area contributed by atoms with Crippen molar-refractivity contribution in [2.24, 2.45) is 11.3 Å². The lowest BCUT2D eigenvalue weighted by molar-refractivity contribution is 0.304. The molecule has 1 N–H and O–H groups in total. The van der Waals surface area contributed by atoms with Gasteiger partial charge in [0.15, 0.2) is 0 Å². The lowest BCUT2D eigenvalue weighted by Crippen LogP contribution is -2.26. The van der Waals surface area contributed by atoms with Crippen LogP contribution in [0.2, 0.25) is 0 Å². The van der Waals surface area contributed by atoms with E-state index in [0.717, 1.165) is 25.4 Å². The molecule has 1 aromatic heterocycles. The van der Waals surface area contributed by atoms with Gasteiger partial charge in [0, 0.05) is 31.7 Å². The van der Waals surface area contributed by atoms with Crippen molar-refractivity contribution < 1.29 is 0 Å². The molecule has 16 heavy (non-hydrogen) atoms. The largest absolute Gasteiger partial charge is 0.334 e. The van der Waals surface area contributed by atoms with Gasteiger partial charge in [-0.2, -0.15) is 0 Å². The van der Waals surface area contributed by atoms with Crippen LogP contribution in [-0.2, 0) is 19.5 Å². The fraction of sp³-hybridized carbons (Fsp3) is 0.769. The minimum absolute atomic E-state index is 0.583. The fourth-order valence-corrected chi connectivity index (χ4v) is 2.85. The second kappa shape index (κ2) is 3.59. The normalized spacial score (nSPS) is 22.2. The van der Waals surface area contributed by atoms with Crippen molar-refractivity contribution in [3.05, 3.63) is 17.7 Å². The lowest BCUT2D eigenvalue weighted by atomic mass is 9.92. The van der Waals surface area contributed by atoms with E-state index < -0.39 is 0 Å². The van der Waals surface area contributed by atoms with E-state index in [1.165, 1.54) is 30.8 Å². The summed E-state index contributed by atoms with van der Waals surface area (Å²) in [7, 11) is 0. The summed E-state index contributed by atoms with van der Waals surface area (Å²) in [5.41, 5.74) is 3.33. The Morgan fingerprint density at radius 1 is 1.50 bits per heavy atom. The molecular formula is C13H21N3. The number of hydrogen-bond acceptors (Lipinski definition) is 2. The van der Waals surface area contributed by atoms with E-state index in [9.17, 15) is 0 Å². The second-order valence-electron chi connectivity index (χ2n) is 5.71. The van der Waals surface area contributed by atoms with Gasteiger partial charge in [0.1, 0.15) is 0 Å². The SMILES string of the molecule is CC(C)C1(Cn2cnc3c2CCNC3)CC1. The van der Waals surface area contributed by atoms with Crippen LogP contribution in [-0.4, -0.2) is 16.1 Å². The van der Waals surface area contributed by atoms with Gasteiger partial charge >= 0.3 is 0 Å². The van der Waals surface area contributed by atoms with E-state index in [0.29, 0.717) is 5.41 Å². The number of aromatic nitrogens is 2. The molecule has 0 aromatic carbocycles. The first kappa shape index (κ1) is 10.3. The molecular weight excluding hydrogens is 198 g/mol. The molecule has 0 bridgehead atoms. The van der Waals surface area contributed by atoms with Crippen molar-refractivity contribution >= 4 is 0 Å². The molecule has 3 nitrogen and oxygen atoms in total. The lowest BCUT2D eigenvalue weighted by Gasteiger charge is -2.23. The molecule has 1 aliphatic heterocycles. The standard InChI is InChI=1S/C13H21N3/c1-10(2)13(4-5-13)8-16-9-15-11-7-14-6-3-12(11)16/h9-10,14H,3-8H2,1-2H3. The number of nitrogens with zero attached hydrogens (tertiary/aromatic N) is 2. The van der Waals surface area contributed by atoms with Gasteiger partial charge in [-0.05, 0) is 24.2 Å². The van der Waals surface area contributed by atoms with Gasteiger partial charge in [0.05, 0.1) is 12.0 Å². The molecule has 3 rings (SSSR count). The van der Waals surface area contributed by atoms with E-state index >= 15 is 0 Å². The zero-order chi connectivity index (χ0) is 11.2. The molecule has 0 radical (unpaired) electrons. The molecule has 0 atom stereocenters. The third-order valence-electron chi connectivity index (χ3n) is 4.47. The molecule has 1 aliphatic carbocycles. The molecule has 1 fully saturated rings. The average Bonchev–Trinajstić information content (AvgIpc) is 2.96. The topological polar surface area (TPSA) is 29.9 Å². The summed E-state index contributed by atoms with van der Waals surface area (Å²) < 4.78 is 2.42. The van der Waals surface area contributed by atoms with Crippen molar-refractivity contribution in [2.75, 3.05) is 6.54 Å². The average molecular weight is 219 g/mol. The van der Waals surface area contributed by atoms with E-state index in [2.05, 4.69) is 35.0 Å². The summed E-state index contributed by atoms with van der Waals surface area (Å²) in [6.45, 7) is 7.97. The van der Waals surface area contributed by atoms with Crippen molar-refractivity contribution in [1.82, 2.24) is 14.9 Å². The Balaban J connectivity index is 1.82. The first-order valence-electron chi connectivity index (χ1n) is 6.45. The molecule has 1 saturated carbocycles. The maximum atomic E-state index is 4.53. The summed E-state index contributed by atoms with van der Waals surface area (Å²) in [5.74, 6) is 0.798. The van der Waals surface area contributed by atoms with Crippen LogP contribution in [0.25, 0.3) is 0 Å². The zero-order valence-corrected chi connectivity index (χ0v) is 10.3. The molecule has 0 amide bonds. The quantitative estimate of drug-likeness (QED) is 0.842. The van der Waals surface area contributed by atoms with E-state index in [1.54, 1.807) is 0 Å². The van der Waals surface area contributed by atoms with Gasteiger partial charge in [-0.25, -0.2) is 4.98 Å².